The maximum atomic E-state index is 11.8. The quantitative estimate of drug-likeness (QED) is 0.826. The topological polar surface area (TPSA) is 49.8 Å². The number of ether oxygens (including phenoxy) is 1. The van der Waals surface area contributed by atoms with E-state index in [0.717, 1.165) is 30.7 Å². The fourth-order valence-electron chi connectivity index (χ4n) is 3.59. The molecule has 1 aliphatic heterocycles. The smallest absolute Gasteiger partial charge is 0.320 e. The van der Waals surface area contributed by atoms with E-state index in [1.165, 1.54) is 10.4 Å². The summed E-state index contributed by atoms with van der Waals surface area (Å²) in [6, 6.07) is 9.78. The van der Waals surface area contributed by atoms with E-state index < -0.39 is 12.0 Å². The van der Waals surface area contributed by atoms with E-state index in [4.69, 9.17) is 4.74 Å². The van der Waals surface area contributed by atoms with Crippen LogP contribution in [0.5, 0.6) is 5.75 Å². The van der Waals surface area contributed by atoms with Crippen molar-refractivity contribution in [2.45, 2.75) is 45.2 Å². The minimum absolute atomic E-state index is 0.0412. The number of benzene rings is 1. The van der Waals surface area contributed by atoms with Crippen LogP contribution in [0.25, 0.3) is 0 Å². The zero-order valence-corrected chi connectivity index (χ0v) is 15.6. The zero-order chi connectivity index (χ0) is 17.8. The average Bonchev–Trinajstić information content (AvgIpc) is 3.02. The predicted octanol–water partition coefficient (Wildman–Crippen LogP) is 4.48. The number of hydrogen-bond donors (Lipinski definition) is 1. The minimum atomic E-state index is -0.723. The third-order valence-electron chi connectivity index (χ3n) is 4.67. The van der Waals surface area contributed by atoms with Gasteiger partial charge in [-0.25, -0.2) is 0 Å². The maximum Gasteiger partial charge on any atom is 0.320 e. The number of carbonyl (C=O) groups is 1. The molecule has 2 aromatic rings. The molecule has 2 atom stereocenters. The van der Waals surface area contributed by atoms with Gasteiger partial charge >= 0.3 is 5.97 Å². The molecule has 1 aliphatic rings. The van der Waals surface area contributed by atoms with Gasteiger partial charge in [-0.15, -0.1) is 11.3 Å². The van der Waals surface area contributed by atoms with Crippen molar-refractivity contribution in [1.82, 2.24) is 4.90 Å². The molecular weight excluding hydrogens is 334 g/mol. The highest BCUT2D eigenvalue weighted by molar-refractivity contribution is 7.10. The molecule has 4 nitrogen and oxygen atoms in total. The van der Waals surface area contributed by atoms with Gasteiger partial charge in [-0.05, 0) is 67.9 Å². The van der Waals surface area contributed by atoms with Gasteiger partial charge in [0.25, 0.3) is 0 Å². The summed E-state index contributed by atoms with van der Waals surface area (Å²) in [6.45, 7) is 5.47. The molecule has 1 N–H and O–H groups in total. The van der Waals surface area contributed by atoms with E-state index in [2.05, 4.69) is 35.4 Å². The molecule has 2 heterocycles. The third-order valence-corrected chi connectivity index (χ3v) is 5.77. The Morgan fingerprint density at radius 1 is 1.40 bits per heavy atom. The fraction of sp³-hybridized carbons (Fsp3) is 0.450. The summed E-state index contributed by atoms with van der Waals surface area (Å²) in [5.74, 6) is 0.112. The first-order chi connectivity index (χ1) is 12.1. The van der Waals surface area contributed by atoms with Gasteiger partial charge in [0.1, 0.15) is 11.8 Å². The Kier molecular flexibility index (Phi) is 5.76. The number of carboxylic acid groups (broad SMARTS) is 1. The Labute approximate surface area is 153 Å². The van der Waals surface area contributed by atoms with Crippen molar-refractivity contribution >= 4 is 17.3 Å². The largest absolute Gasteiger partial charge is 0.494 e. The Morgan fingerprint density at radius 2 is 2.24 bits per heavy atom. The molecule has 1 aromatic carbocycles. The van der Waals surface area contributed by atoms with Gasteiger partial charge in [0, 0.05) is 4.88 Å². The van der Waals surface area contributed by atoms with Crippen LogP contribution in [0.15, 0.2) is 35.7 Å². The molecule has 0 aliphatic carbocycles. The van der Waals surface area contributed by atoms with Gasteiger partial charge in [0.2, 0.25) is 0 Å². The Bertz CT molecular complexity index is 727. The molecule has 2 unspecified atom stereocenters. The number of nitrogens with zero attached hydrogens (tertiary/aromatic N) is 1. The van der Waals surface area contributed by atoms with Crippen LogP contribution in [0.2, 0.25) is 0 Å². The van der Waals surface area contributed by atoms with Crippen LogP contribution < -0.4 is 4.74 Å². The molecule has 0 bridgehead atoms. The Morgan fingerprint density at radius 3 is 2.92 bits per heavy atom. The molecule has 1 saturated heterocycles. The van der Waals surface area contributed by atoms with Crippen LogP contribution in [0.3, 0.4) is 0 Å². The number of aryl methyl sites for hydroxylation is 1. The van der Waals surface area contributed by atoms with E-state index >= 15 is 0 Å². The van der Waals surface area contributed by atoms with Gasteiger partial charge in [-0.1, -0.05) is 18.6 Å². The van der Waals surface area contributed by atoms with Crippen molar-refractivity contribution < 1.29 is 14.6 Å². The SMILES string of the molecule is CCOc1cccc(C(c2cc(C)cs2)N2CCCCC2C(=O)O)c1. The molecule has 1 aromatic heterocycles. The van der Waals surface area contributed by atoms with Crippen molar-refractivity contribution in [3.63, 3.8) is 0 Å². The number of thiophene rings is 1. The van der Waals surface area contributed by atoms with Gasteiger partial charge in [0.15, 0.2) is 0 Å². The van der Waals surface area contributed by atoms with Gasteiger partial charge in [-0.2, -0.15) is 0 Å². The van der Waals surface area contributed by atoms with E-state index in [0.29, 0.717) is 13.0 Å². The van der Waals surface area contributed by atoms with Crippen molar-refractivity contribution in [1.29, 1.82) is 0 Å². The first kappa shape index (κ1) is 18.0. The van der Waals surface area contributed by atoms with E-state index in [-0.39, 0.29) is 6.04 Å². The number of hydrogen-bond acceptors (Lipinski definition) is 4. The third kappa shape index (κ3) is 4.05. The number of likely N-dealkylation sites (tertiary alicyclic amines) is 1. The van der Waals surface area contributed by atoms with Crippen LogP contribution >= 0.6 is 11.3 Å². The highest BCUT2D eigenvalue weighted by atomic mass is 32.1. The molecule has 0 saturated carbocycles. The lowest BCUT2D eigenvalue weighted by atomic mass is 9.95. The Balaban J connectivity index is 2.03. The standard InChI is InChI=1S/C20H25NO3S/c1-3-24-16-8-6-7-15(12-16)19(18-11-14(2)13-25-18)21-10-5-4-9-17(21)20(22)23/h6-8,11-13,17,19H,3-5,9-10H2,1-2H3,(H,22,23). The molecule has 1 fully saturated rings. The average molecular weight is 359 g/mol. The fourth-order valence-corrected chi connectivity index (χ4v) is 4.63. The van der Waals surface area contributed by atoms with Crippen LogP contribution in [-0.4, -0.2) is 35.2 Å². The predicted molar refractivity (Wildman–Crippen MR) is 100 cm³/mol. The zero-order valence-electron chi connectivity index (χ0n) is 14.8. The number of piperidine rings is 1. The summed E-state index contributed by atoms with van der Waals surface area (Å²) >= 11 is 1.70. The molecule has 25 heavy (non-hydrogen) atoms. The summed E-state index contributed by atoms with van der Waals surface area (Å²) in [6.07, 6.45) is 2.72. The summed E-state index contributed by atoms with van der Waals surface area (Å²) < 4.78 is 5.67. The normalized spacial score (nSPS) is 19.5. The summed E-state index contributed by atoms with van der Waals surface area (Å²) in [7, 11) is 0. The summed E-state index contributed by atoms with van der Waals surface area (Å²) in [4.78, 5) is 15.2. The highest BCUT2D eigenvalue weighted by Crippen LogP contribution is 2.38. The molecular formula is C20H25NO3S. The van der Waals surface area contributed by atoms with Crippen molar-refractivity contribution in [2.75, 3.05) is 13.2 Å². The first-order valence-corrected chi connectivity index (χ1v) is 9.74. The van der Waals surface area contributed by atoms with Gasteiger partial charge < -0.3 is 9.84 Å². The minimum Gasteiger partial charge on any atom is -0.494 e. The van der Waals surface area contributed by atoms with Crippen molar-refractivity contribution in [3.8, 4) is 5.75 Å². The second-order valence-electron chi connectivity index (χ2n) is 6.52. The molecule has 0 radical (unpaired) electrons. The molecule has 5 heteroatoms. The Hall–Kier alpha value is -1.85. The van der Waals surface area contributed by atoms with Crippen molar-refractivity contribution in [2.24, 2.45) is 0 Å². The second kappa shape index (κ2) is 8.02. The van der Waals surface area contributed by atoms with Crippen LogP contribution in [0.4, 0.5) is 0 Å². The molecule has 3 rings (SSSR count). The van der Waals surface area contributed by atoms with E-state index in [1.807, 2.05) is 19.1 Å². The number of rotatable bonds is 6. The van der Waals surface area contributed by atoms with Gasteiger partial charge in [-0.3, -0.25) is 9.69 Å². The lowest BCUT2D eigenvalue weighted by molar-refractivity contribution is -0.145. The van der Waals surface area contributed by atoms with E-state index in [1.54, 1.807) is 11.3 Å². The lowest BCUT2D eigenvalue weighted by Crippen LogP contribution is -2.46. The summed E-state index contributed by atoms with van der Waals surface area (Å²) in [5.41, 5.74) is 2.32. The van der Waals surface area contributed by atoms with Gasteiger partial charge in [0.05, 0.1) is 12.6 Å². The molecule has 134 valence electrons. The summed E-state index contributed by atoms with van der Waals surface area (Å²) in [5, 5.41) is 11.9. The van der Waals surface area contributed by atoms with Crippen LogP contribution in [0, 0.1) is 6.92 Å². The highest BCUT2D eigenvalue weighted by Gasteiger charge is 2.35. The lowest BCUT2D eigenvalue weighted by Gasteiger charge is -2.39. The van der Waals surface area contributed by atoms with Crippen LogP contribution in [0.1, 0.15) is 48.2 Å². The maximum absolute atomic E-state index is 11.8. The molecule has 0 amide bonds. The number of carboxylic acids is 1. The number of aliphatic carboxylic acids is 1. The first-order valence-electron chi connectivity index (χ1n) is 8.86. The van der Waals surface area contributed by atoms with Crippen molar-refractivity contribution in [3.05, 3.63) is 51.7 Å². The van der Waals surface area contributed by atoms with E-state index in [9.17, 15) is 9.90 Å². The van der Waals surface area contributed by atoms with Crippen LogP contribution in [-0.2, 0) is 4.79 Å². The molecule has 0 spiro atoms. The monoisotopic (exact) mass is 359 g/mol. The second-order valence-corrected chi connectivity index (χ2v) is 7.46.